The van der Waals surface area contributed by atoms with Crippen molar-refractivity contribution >= 4 is 42.5 Å². The molecule has 56 valence electrons. The largest absolute Gasteiger partial charge is 3.00 e. The minimum atomic E-state index is -5.39. The molecule has 0 bridgehead atoms. The third-order valence-corrected chi connectivity index (χ3v) is 0. The predicted octanol–water partition coefficient (Wildman–Crippen LogP) is -3.83. The SMILES string of the molecule is O=P([O-])([O-])[O-].O=[N+]([O-])[O-].[Al+3].[Al+3]. The summed E-state index contributed by atoms with van der Waals surface area (Å²) < 4.78 is 8.55. The molecular formula is Al2NO7P+2. The summed E-state index contributed by atoms with van der Waals surface area (Å²) in [7, 11) is -5.39. The molecule has 0 N–H and O–H groups in total. The Morgan fingerprint density at radius 2 is 1.00 bits per heavy atom. The van der Waals surface area contributed by atoms with E-state index in [1.807, 2.05) is 0 Å². The number of phosphoric acid groups is 1. The van der Waals surface area contributed by atoms with Crippen LogP contribution < -0.4 is 14.7 Å². The van der Waals surface area contributed by atoms with Crippen molar-refractivity contribution in [3.05, 3.63) is 15.3 Å². The minimum absolute atomic E-state index is 0. The quantitative estimate of drug-likeness (QED) is 0.172. The van der Waals surface area contributed by atoms with E-state index in [4.69, 9.17) is 34.6 Å². The van der Waals surface area contributed by atoms with Crippen molar-refractivity contribution in [3.63, 3.8) is 0 Å². The molecule has 11 heteroatoms. The predicted molar refractivity (Wildman–Crippen MR) is 29.5 cm³/mol. The molecular weight excluding hydrogens is 211 g/mol. The zero-order valence-electron chi connectivity index (χ0n) is 4.91. The van der Waals surface area contributed by atoms with Gasteiger partial charge in [-0.15, -0.1) is 0 Å². The van der Waals surface area contributed by atoms with Gasteiger partial charge in [0.2, 0.25) is 0 Å². The Kier molecular flexibility index (Phi) is 21.2. The molecule has 0 rings (SSSR count). The van der Waals surface area contributed by atoms with Crippen LogP contribution in [0.25, 0.3) is 0 Å². The smallest absolute Gasteiger partial charge is 0.822 e. The van der Waals surface area contributed by atoms with Gasteiger partial charge in [0.05, 0.1) is 5.09 Å². The van der Waals surface area contributed by atoms with Gasteiger partial charge in [0.15, 0.2) is 0 Å². The molecule has 0 saturated carbocycles. The Morgan fingerprint density at radius 3 is 1.00 bits per heavy atom. The second-order valence-corrected chi connectivity index (χ2v) is 1.57. The number of hydrogen-bond acceptors (Lipinski definition) is 7. The molecule has 0 unspecified atom stereocenters. The van der Waals surface area contributed by atoms with Crippen LogP contribution in [0.4, 0.5) is 0 Å². The van der Waals surface area contributed by atoms with Crippen molar-refractivity contribution in [1.82, 2.24) is 0 Å². The van der Waals surface area contributed by atoms with Crippen LogP contribution in [-0.4, -0.2) is 39.8 Å². The summed E-state index contributed by atoms with van der Waals surface area (Å²) >= 11 is 0. The summed E-state index contributed by atoms with van der Waals surface area (Å²) in [6.45, 7) is 0. The summed E-state index contributed by atoms with van der Waals surface area (Å²) in [4.78, 5) is 33.9. The van der Waals surface area contributed by atoms with E-state index < -0.39 is 12.9 Å². The Hall–Kier alpha value is 0.375. The average molecular weight is 211 g/mol. The van der Waals surface area contributed by atoms with Gasteiger partial charge in [0.25, 0.3) is 0 Å². The molecule has 0 fully saturated rings. The van der Waals surface area contributed by atoms with Crippen LogP contribution in [0.3, 0.4) is 0 Å². The van der Waals surface area contributed by atoms with Crippen LogP contribution >= 0.6 is 7.82 Å². The molecule has 0 aliphatic carbocycles. The van der Waals surface area contributed by atoms with Crippen LogP contribution in [0.2, 0.25) is 0 Å². The summed E-state index contributed by atoms with van der Waals surface area (Å²) in [5.74, 6) is 0. The van der Waals surface area contributed by atoms with Crippen LogP contribution in [0.15, 0.2) is 0 Å². The van der Waals surface area contributed by atoms with Crippen molar-refractivity contribution in [2.24, 2.45) is 0 Å². The molecule has 11 heavy (non-hydrogen) atoms. The zero-order chi connectivity index (χ0) is 8.08. The van der Waals surface area contributed by atoms with Gasteiger partial charge < -0.3 is 34.6 Å². The van der Waals surface area contributed by atoms with E-state index >= 15 is 0 Å². The monoisotopic (exact) mass is 211 g/mol. The maximum absolute atomic E-state index is 8.55. The third-order valence-electron chi connectivity index (χ3n) is 0. The van der Waals surface area contributed by atoms with Crippen molar-refractivity contribution in [2.75, 3.05) is 0 Å². The van der Waals surface area contributed by atoms with Gasteiger partial charge >= 0.3 is 34.7 Å². The third kappa shape index (κ3) is 5180. The summed E-state index contributed by atoms with van der Waals surface area (Å²) in [6.07, 6.45) is 0. The van der Waals surface area contributed by atoms with Gasteiger partial charge in [-0.2, -0.15) is 7.82 Å². The minimum Gasteiger partial charge on any atom is -0.822 e. The van der Waals surface area contributed by atoms with E-state index in [2.05, 4.69) is 0 Å². The maximum atomic E-state index is 8.55. The van der Waals surface area contributed by atoms with Gasteiger partial charge in [-0.1, -0.05) is 0 Å². The van der Waals surface area contributed by atoms with Gasteiger partial charge in [-0.3, -0.25) is 0 Å². The molecule has 0 amide bonds. The van der Waals surface area contributed by atoms with E-state index in [0.717, 1.165) is 0 Å². The molecule has 0 aliphatic rings. The standard InChI is InChI=1S/2Al.NO3.H3O4P/c;;2-1(3)4;1-5(2,3)4/h;;;(H3,1,2,3,4)/q2*+3;-1;/p-3. The van der Waals surface area contributed by atoms with E-state index in [0.29, 0.717) is 0 Å². The van der Waals surface area contributed by atoms with Gasteiger partial charge in [-0.05, 0) is 0 Å². The molecule has 0 saturated heterocycles. The van der Waals surface area contributed by atoms with Gasteiger partial charge in [0.1, 0.15) is 0 Å². The molecule has 0 aliphatic heterocycles. The first-order valence-corrected chi connectivity index (χ1v) is 2.74. The van der Waals surface area contributed by atoms with Crippen LogP contribution in [-0.2, 0) is 4.57 Å². The summed E-state index contributed by atoms with van der Waals surface area (Å²) in [5, 5.41) is 14.8. The normalized spacial score (nSPS) is 7.55. The Bertz CT molecular complexity index is 116. The molecule has 0 aromatic carbocycles. The molecule has 0 atom stereocenters. The zero-order valence-corrected chi connectivity index (χ0v) is 8.11. The number of hydrogen-bond donors (Lipinski definition) is 0. The van der Waals surface area contributed by atoms with Crippen molar-refractivity contribution in [2.45, 2.75) is 0 Å². The number of nitrogens with zero attached hydrogens (tertiary/aromatic N) is 1. The molecule has 0 aromatic rings. The van der Waals surface area contributed by atoms with Crippen molar-refractivity contribution in [3.8, 4) is 0 Å². The van der Waals surface area contributed by atoms with Crippen LogP contribution in [0.5, 0.6) is 0 Å². The fraction of sp³-hybridized carbons (Fsp3) is 0. The van der Waals surface area contributed by atoms with Crippen molar-refractivity contribution < 1.29 is 24.3 Å². The summed E-state index contributed by atoms with van der Waals surface area (Å²) in [5.41, 5.74) is 0. The van der Waals surface area contributed by atoms with E-state index in [1.165, 1.54) is 0 Å². The molecule has 0 aromatic heterocycles. The Balaban J connectivity index is -0.0000000383. The van der Waals surface area contributed by atoms with Crippen molar-refractivity contribution in [1.29, 1.82) is 0 Å². The van der Waals surface area contributed by atoms with Gasteiger partial charge in [0, 0.05) is 0 Å². The molecule has 0 radical (unpaired) electrons. The summed E-state index contributed by atoms with van der Waals surface area (Å²) in [6, 6.07) is 0. The molecule has 0 heterocycles. The first-order valence-electron chi connectivity index (χ1n) is 1.28. The van der Waals surface area contributed by atoms with E-state index in [1.54, 1.807) is 0 Å². The second-order valence-electron chi connectivity index (χ2n) is 0.671. The Morgan fingerprint density at radius 1 is 1.00 bits per heavy atom. The fourth-order valence-corrected chi connectivity index (χ4v) is 0. The van der Waals surface area contributed by atoms with E-state index in [-0.39, 0.29) is 34.7 Å². The topological polar surface area (TPSA) is 152 Å². The second kappa shape index (κ2) is 10.4. The number of rotatable bonds is 0. The van der Waals surface area contributed by atoms with Crippen LogP contribution in [0, 0.1) is 15.3 Å². The average Bonchev–Trinajstić information content (AvgIpc) is 1.19. The van der Waals surface area contributed by atoms with Gasteiger partial charge in [-0.25, -0.2) is 0 Å². The first-order chi connectivity index (χ1) is 3.73. The fourth-order valence-electron chi connectivity index (χ4n) is 0. The molecule has 0 spiro atoms. The molecule has 8 nitrogen and oxygen atoms in total. The maximum Gasteiger partial charge on any atom is 3.00 e. The Labute approximate surface area is 82.5 Å². The first kappa shape index (κ1) is 22.5. The van der Waals surface area contributed by atoms with Crippen LogP contribution in [0.1, 0.15) is 0 Å². The van der Waals surface area contributed by atoms with E-state index in [9.17, 15) is 0 Å².